The molecule has 148 valence electrons. The number of nitrogens with one attached hydrogen (secondary N) is 2. The van der Waals surface area contributed by atoms with E-state index >= 15 is 0 Å². The maximum atomic E-state index is 13.6. The van der Waals surface area contributed by atoms with Gasteiger partial charge in [-0.15, -0.1) is 0 Å². The van der Waals surface area contributed by atoms with E-state index in [9.17, 15) is 4.39 Å². The standard InChI is InChI=1S/C21H17Cl2FN4S/c1-25-11-13-12-28(29-16-4-2-3-14(24)9-16)19-10-15(5-6-17(13)19)26-18-7-8-20(22)27-21(18)23/h2-10,12,25-26H,11H2,1H3. The van der Waals surface area contributed by atoms with Gasteiger partial charge in [0.15, 0.2) is 5.15 Å². The molecule has 0 aliphatic carbocycles. The molecule has 0 aliphatic heterocycles. The zero-order valence-corrected chi connectivity index (χ0v) is 17.7. The van der Waals surface area contributed by atoms with Gasteiger partial charge in [-0.2, -0.15) is 0 Å². The lowest BCUT2D eigenvalue weighted by Crippen LogP contribution is -2.04. The number of fused-ring (bicyclic) bond motifs is 1. The summed E-state index contributed by atoms with van der Waals surface area (Å²) in [6.07, 6.45) is 2.07. The molecule has 0 bridgehead atoms. The van der Waals surface area contributed by atoms with Crippen LogP contribution in [0.3, 0.4) is 0 Å². The van der Waals surface area contributed by atoms with E-state index < -0.39 is 0 Å². The van der Waals surface area contributed by atoms with Crippen molar-refractivity contribution in [3.8, 4) is 0 Å². The van der Waals surface area contributed by atoms with Crippen molar-refractivity contribution in [3.05, 3.63) is 82.5 Å². The monoisotopic (exact) mass is 446 g/mol. The van der Waals surface area contributed by atoms with Gasteiger partial charge < -0.3 is 10.6 Å². The Kier molecular flexibility index (Phi) is 5.96. The first kappa shape index (κ1) is 20.0. The summed E-state index contributed by atoms with van der Waals surface area (Å²) in [5.41, 5.74) is 3.69. The average Bonchev–Trinajstić information content (AvgIpc) is 3.01. The SMILES string of the molecule is CNCc1cn(Sc2cccc(F)c2)c2cc(Nc3ccc(Cl)nc3Cl)ccc12. The molecule has 29 heavy (non-hydrogen) atoms. The summed E-state index contributed by atoms with van der Waals surface area (Å²) in [7, 11) is 1.91. The van der Waals surface area contributed by atoms with Crippen molar-refractivity contribution in [1.29, 1.82) is 0 Å². The molecule has 4 rings (SSSR count). The number of pyridine rings is 1. The summed E-state index contributed by atoms with van der Waals surface area (Å²) in [6.45, 7) is 0.729. The Hall–Kier alpha value is -2.25. The smallest absolute Gasteiger partial charge is 0.154 e. The third kappa shape index (κ3) is 4.51. The van der Waals surface area contributed by atoms with Crippen LogP contribution in [0.2, 0.25) is 10.3 Å². The molecule has 2 N–H and O–H groups in total. The zero-order chi connectivity index (χ0) is 20.4. The predicted octanol–water partition coefficient (Wildman–Crippen LogP) is 6.50. The van der Waals surface area contributed by atoms with Gasteiger partial charge in [0.2, 0.25) is 0 Å². The molecule has 0 amide bonds. The first-order chi connectivity index (χ1) is 14.0. The fraction of sp³-hybridized carbons (Fsp3) is 0.0952. The lowest BCUT2D eigenvalue weighted by atomic mass is 10.1. The van der Waals surface area contributed by atoms with Crippen LogP contribution in [0.1, 0.15) is 5.56 Å². The summed E-state index contributed by atoms with van der Waals surface area (Å²) < 4.78 is 15.7. The van der Waals surface area contributed by atoms with E-state index in [1.165, 1.54) is 24.1 Å². The Morgan fingerprint density at radius 3 is 2.72 bits per heavy atom. The maximum Gasteiger partial charge on any atom is 0.154 e. The molecular weight excluding hydrogens is 430 g/mol. The van der Waals surface area contributed by atoms with Crippen molar-refractivity contribution in [2.24, 2.45) is 0 Å². The molecule has 4 aromatic rings. The first-order valence-corrected chi connectivity index (χ1v) is 10.4. The Bertz CT molecular complexity index is 1180. The van der Waals surface area contributed by atoms with E-state index in [0.29, 0.717) is 16.0 Å². The Balaban J connectivity index is 1.73. The van der Waals surface area contributed by atoms with Crippen LogP contribution in [0.15, 0.2) is 65.7 Å². The van der Waals surface area contributed by atoms with Crippen molar-refractivity contribution >= 4 is 57.4 Å². The van der Waals surface area contributed by atoms with Crippen molar-refractivity contribution in [2.75, 3.05) is 12.4 Å². The largest absolute Gasteiger partial charge is 0.353 e. The molecule has 0 saturated heterocycles. The Morgan fingerprint density at radius 1 is 1.10 bits per heavy atom. The Labute approximate surface area is 182 Å². The van der Waals surface area contributed by atoms with E-state index in [-0.39, 0.29) is 5.82 Å². The van der Waals surface area contributed by atoms with Gasteiger partial charge in [0.05, 0.1) is 11.2 Å². The van der Waals surface area contributed by atoms with Crippen molar-refractivity contribution in [2.45, 2.75) is 11.4 Å². The van der Waals surface area contributed by atoms with Crippen LogP contribution in [0.4, 0.5) is 15.8 Å². The van der Waals surface area contributed by atoms with Crippen LogP contribution in [0.5, 0.6) is 0 Å². The van der Waals surface area contributed by atoms with E-state index in [4.69, 9.17) is 23.2 Å². The second-order valence-corrected chi connectivity index (χ2v) is 8.18. The number of halogens is 3. The molecule has 0 atom stereocenters. The van der Waals surface area contributed by atoms with Gasteiger partial charge in [-0.3, -0.25) is 3.97 Å². The van der Waals surface area contributed by atoms with E-state index in [1.54, 1.807) is 18.2 Å². The number of benzene rings is 2. The quantitative estimate of drug-likeness (QED) is 0.331. The highest BCUT2D eigenvalue weighted by atomic mass is 35.5. The molecule has 8 heteroatoms. The minimum absolute atomic E-state index is 0.255. The third-order valence-corrected chi connectivity index (χ3v) is 5.78. The normalized spacial score (nSPS) is 11.2. The lowest BCUT2D eigenvalue weighted by molar-refractivity contribution is 0.624. The average molecular weight is 447 g/mol. The summed E-state index contributed by atoms with van der Waals surface area (Å²) in [5, 5.41) is 8.24. The fourth-order valence-electron chi connectivity index (χ4n) is 3.05. The predicted molar refractivity (Wildman–Crippen MR) is 120 cm³/mol. The molecule has 2 heterocycles. The van der Waals surface area contributed by atoms with Crippen LogP contribution in [0.25, 0.3) is 10.9 Å². The van der Waals surface area contributed by atoms with Gasteiger partial charge in [0.1, 0.15) is 11.0 Å². The van der Waals surface area contributed by atoms with Gasteiger partial charge in [0.25, 0.3) is 0 Å². The molecule has 0 radical (unpaired) electrons. The lowest BCUT2D eigenvalue weighted by Gasteiger charge is -2.10. The van der Waals surface area contributed by atoms with Crippen LogP contribution < -0.4 is 10.6 Å². The molecule has 2 aromatic carbocycles. The van der Waals surface area contributed by atoms with E-state index in [2.05, 4.69) is 27.9 Å². The molecule has 0 fully saturated rings. The Morgan fingerprint density at radius 2 is 1.97 bits per heavy atom. The van der Waals surface area contributed by atoms with Crippen LogP contribution in [-0.2, 0) is 6.54 Å². The van der Waals surface area contributed by atoms with E-state index in [0.717, 1.165) is 33.6 Å². The molecule has 4 nitrogen and oxygen atoms in total. The maximum absolute atomic E-state index is 13.6. The minimum Gasteiger partial charge on any atom is -0.353 e. The number of rotatable bonds is 6. The highest BCUT2D eigenvalue weighted by Gasteiger charge is 2.12. The fourth-order valence-corrected chi connectivity index (χ4v) is 4.40. The van der Waals surface area contributed by atoms with Gasteiger partial charge in [0, 0.05) is 28.7 Å². The second-order valence-electron chi connectivity index (χ2n) is 6.39. The van der Waals surface area contributed by atoms with Crippen molar-refractivity contribution < 1.29 is 4.39 Å². The topological polar surface area (TPSA) is 41.9 Å². The highest BCUT2D eigenvalue weighted by molar-refractivity contribution is 7.98. The van der Waals surface area contributed by atoms with Gasteiger partial charge in [-0.25, -0.2) is 9.37 Å². The molecular formula is C21H17Cl2FN4S. The first-order valence-electron chi connectivity index (χ1n) is 8.85. The molecule has 0 spiro atoms. The summed E-state index contributed by atoms with van der Waals surface area (Å²) in [5.74, 6) is -0.255. The number of anilines is 2. The molecule has 2 aromatic heterocycles. The van der Waals surface area contributed by atoms with Crippen LogP contribution in [-0.4, -0.2) is 16.0 Å². The van der Waals surface area contributed by atoms with Crippen LogP contribution >= 0.6 is 35.1 Å². The number of hydrogen-bond donors (Lipinski definition) is 2. The molecule has 0 saturated carbocycles. The summed E-state index contributed by atoms with van der Waals surface area (Å²) in [4.78, 5) is 4.88. The molecule has 0 unspecified atom stereocenters. The van der Waals surface area contributed by atoms with Crippen LogP contribution in [0, 0.1) is 5.82 Å². The number of nitrogens with zero attached hydrogens (tertiary/aromatic N) is 2. The van der Waals surface area contributed by atoms with Gasteiger partial charge in [-0.1, -0.05) is 35.3 Å². The zero-order valence-electron chi connectivity index (χ0n) is 15.4. The van der Waals surface area contributed by atoms with Gasteiger partial charge in [-0.05, 0) is 67.0 Å². The van der Waals surface area contributed by atoms with Crippen molar-refractivity contribution in [1.82, 2.24) is 14.3 Å². The third-order valence-electron chi connectivity index (χ3n) is 4.32. The second kappa shape index (κ2) is 8.63. The van der Waals surface area contributed by atoms with Crippen molar-refractivity contribution in [3.63, 3.8) is 0 Å². The summed E-state index contributed by atoms with van der Waals surface area (Å²) >= 11 is 13.5. The number of aromatic nitrogens is 2. The number of hydrogen-bond acceptors (Lipinski definition) is 4. The highest BCUT2D eigenvalue weighted by Crippen LogP contribution is 2.33. The van der Waals surface area contributed by atoms with Gasteiger partial charge >= 0.3 is 0 Å². The summed E-state index contributed by atoms with van der Waals surface area (Å²) in [6, 6.07) is 16.1. The molecule has 0 aliphatic rings. The minimum atomic E-state index is -0.255. The van der Waals surface area contributed by atoms with E-state index in [1.807, 2.05) is 29.2 Å².